The second-order valence-corrected chi connectivity index (χ2v) is 4.62. The van der Waals surface area contributed by atoms with Gasteiger partial charge in [0.05, 0.1) is 6.10 Å². The van der Waals surface area contributed by atoms with Crippen LogP contribution in [-0.4, -0.2) is 50.3 Å². The van der Waals surface area contributed by atoms with Crippen molar-refractivity contribution in [2.24, 2.45) is 11.7 Å². The average Bonchev–Trinajstić information content (AvgIpc) is 2.96. The van der Waals surface area contributed by atoms with E-state index in [9.17, 15) is 9.90 Å². The lowest BCUT2D eigenvalue weighted by atomic mass is 10.1. The average molecular weight is 291 g/mol. The minimum atomic E-state index is -0.555. The number of hydrogen-bond donors (Lipinski definition) is 4. The molecular weight excluding hydrogens is 272 g/mol. The van der Waals surface area contributed by atoms with E-state index < -0.39 is 6.10 Å². The van der Waals surface area contributed by atoms with E-state index in [0.717, 1.165) is 6.42 Å². The molecule has 1 heterocycles. The number of halogens is 1. The summed E-state index contributed by atoms with van der Waals surface area (Å²) in [7, 11) is 0. The third-order valence-corrected chi connectivity index (χ3v) is 3.21. The Balaban J connectivity index is 0.00000180. The van der Waals surface area contributed by atoms with E-state index in [1.807, 2.05) is 0 Å². The van der Waals surface area contributed by atoms with E-state index in [1.165, 1.54) is 0 Å². The largest absolute Gasteiger partial charge is 0.391 e. The summed E-state index contributed by atoms with van der Waals surface area (Å²) in [4.78, 5) is 11.8. The van der Waals surface area contributed by atoms with Crippen molar-refractivity contribution < 1.29 is 9.90 Å². The van der Waals surface area contributed by atoms with Gasteiger partial charge in [-0.2, -0.15) is 5.21 Å². The number of aryl methyl sites for hydroxylation is 1. The molecule has 9 heteroatoms. The van der Waals surface area contributed by atoms with Crippen molar-refractivity contribution in [3.63, 3.8) is 0 Å². The minimum absolute atomic E-state index is 0. The number of aliphatic hydroxyl groups excluding tert-OH is 1. The van der Waals surface area contributed by atoms with Crippen LogP contribution in [0, 0.1) is 5.92 Å². The van der Waals surface area contributed by atoms with Gasteiger partial charge in [0.25, 0.3) is 0 Å². The lowest BCUT2D eigenvalue weighted by Crippen LogP contribution is -2.31. The van der Waals surface area contributed by atoms with E-state index >= 15 is 0 Å². The molecule has 19 heavy (non-hydrogen) atoms. The highest BCUT2D eigenvalue weighted by Gasteiger charge is 2.34. The van der Waals surface area contributed by atoms with Crippen LogP contribution in [0.5, 0.6) is 0 Å². The van der Waals surface area contributed by atoms with E-state index in [-0.39, 0.29) is 30.3 Å². The lowest BCUT2D eigenvalue weighted by molar-refractivity contribution is -0.125. The lowest BCUT2D eigenvalue weighted by Gasteiger charge is -2.09. The Kier molecular flexibility index (Phi) is 6.13. The number of hydrogen-bond acceptors (Lipinski definition) is 6. The standard InChI is InChI=1S/C10H18N6O2.ClH/c11-7-4-6(5-8(7)17)10(18)12-3-1-2-9-13-15-16-14-9;/h6-8,17H,1-5,11H2,(H,12,18)(H,13,14,15,16);1H/t6-,7-,8-;/m0./s1. The second kappa shape index (κ2) is 7.37. The summed E-state index contributed by atoms with van der Waals surface area (Å²) in [6.07, 6.45) is 1.88. The summed E-state index contributed by atoms with van der Waals surface area (Å²) >= 11 is 0. The van der Waals surface area contributed by atoms with Crippen molar-refractivity contribution in [2.75, 3.05) is 6.54 Å². The number of carbonyl (C=O) groups is 1. The fourth-order valence-electron chi connectivity index (χ4n) is 2.15. The molecule has 0 unspecified atom stereocenters. The predicted molar refractivity (Wildman–Crippen MR) is 69.5 cm³/mol. The van der Waals surface area contributed by atoms with Crippen LogP contribution in [0.25, 0.3) is 0 Å². The maximum atomic E-state index is 11.8. The quantitative estimate of drug-likeness (QED) is 0.502. The number of rotatable bonds is 5. The summed E-state index contributed by atoms with van der Waals surface area (Å²) < 4.78 is 0. The van der Waals surface area contributed by atoms with E-state index in [4.69, 9.17) is 5.73 Å². The molecule has 1 saturated carbocycles. The van der Waals surface area contributed by atoms with E-state index in [2.05, 4.69) is 25.9 Å². The first-order valence-corrected chi connectivity index (χ1v) is 6.10. The normalized spacial score (nSPS) is 25.9. The van der Waals surface area contributed by atoms with Crippen molar-refractivity contribution in [1.82, 2.24) is 25.9 Å². The van der Waals surface area contributed by atoms with Crippen LogP contribution in [0.15, 0.2) is 0 Å². The van der Waals surface area contributed by atoms with E-state index in [0.29, 0.717) is 31.6 Å². The molecule has 0 spiro atoms. The first-order valence-electron chi connectivity index (χ1n) is 6.10. The van der Waals surface area contributed by atoms with Crippen LogP contribution in [0.2, 0.25) is 0 Å². The molecule has 0 bridgehead atoms. The molecule has 1 aromatic heterocycles. The molecule has 2 rings (SSSR count). The van der Waals surface area contributed by atoms with Gasteiger partial charge >= 0.3 is 0 Å². The molecule has 1 amide bonds. The molecule has 1 aliphatic carbocycles. The Morgan fingerprint density at radius 1 is 1.53 bits per heavy atom. The van der Waals surface area contributed by atoms with Crippen molar-refractivity contribution in [1.29, 1.82) is 0 Å². The summed E-state index contributed by atoms with van der Waals surface area (Å²) in [5.41, 5.74) is 5.67. The Hall–Kier alpha value is -1.25. The fraction of sp³-hybridized carbons (Fsp3) is 0.800. The minimum Gasteiger partial charge on any atom is -0.391 e. The van der Waals surface area contributed by atoms with Gasteiger partial charge < -0.3 is 16.2 Å². The summed E-state index contributed by atoms with van der Waals surface area (Å²) in [6.45, 7) is 0.565. The van der Waals surface area contributed by atoms with Gasteiger partial charge in [-0.15, -0.1) is 22.6 Å². The van der Waals surface area contributed by atoms with Crippen molar-refractivity contribution in [2.45, 2.75) is 37.8 Å². The highest BCUT2D eigenvalue weighted by atomic mass is 35.5. The van der Waals surface area contributed by atoms with Gasteiger partial charge in [0, 0.05) is 24.9 Å². The van der Waals surface area contributed by atoms with Crippen LogP contribution in [-0.2, 0) is 11.2 Å². The predicted octanol–water partition coefficient (Wildman–Crippen LogP) is -1.23. The molecule has 108 valence electrons. The molecule has 1 fully saturated rings. The van der Waals surface area contributed by atoms with E-state index in [1.54, 1.807) is 0 Å². The Morgan fingerprint density at radius 2 is 2.32 bits per heavy atom. The molecule has 0 radical (unpaired) electrons. The van der Waals surface area contributed by atoms with Crippen molar-refractivity contribution in [3.8, 4) is 0 Å². The maximum absolute atomic E-state index is 11.8. The highest BCUT2D eigenvalue weighted by Crippen LogP contribution is 2.24. The Morgan fingerprint density at radius 3 is 2.89 bits per heavy atom. The summed E-state index contributed by atoms with van der Waals surface area (Å²) in [5.74, 6) is 0.442. The number of tetrazole rings is 1. The second-order valence-electron chi connectivity index (χ2n) is 4.62. The van der Waals surface area contributed by atoms with Gasteiger partial charge in [0.1, 0.15) is 0 Å². The van der Waals surface area contributed by atoms with Crippen LogP contribution in [0.4, 0.5) is 0 Å². The number of carbonyl (C=O) groups excluding carboxylic acids is 1. The number of aliphatic hydroxyl groups is 1. The zero-order valence-corrected chi connectivity index (χ0v) is 11.3. The first-order chi connectivity index (χ1) is 8.66. The zero-order chi connectivity index (χ0) is 13.0. The first kappa shape index (κ1) is 15.8. The van der Waals surface area contributed by atoms with Gasteiger partial charge in [0.2, 0.25) is 5.91 Å². The third-order valence-electron chi connectivity index (χ3n) is 3.21. The Labute approximate surface area is 116 Å². The number of amides is 1. The number of aromatic nitrogens is 4. The summed E-state index contributed by atoms with van der Waals surface area (Å²) in [6, 6.07) is -0.278. The Bertz CT molecular complexity index is 377. The van der Waals surface area contributed by atoms with Crippen LogP contribution >= 0.6 is 12.4 Å². The van der Waals surface area contributed by atoms with Crippen LogP contribution < -0.4 is 11.1 Å². The maximum Gasteiger partial charge on any atom is 0.223 e. The molecule has 0 aromatic carbocycles. The number of aromatic amines is 1. The molecule has 1 aliphatic rings. The number of nitrogens with two attached hydrogens (primary N) is 1. The SMILES string of the molecule is Cl.N[C@H]1C[C@H](C(=O)NCCCc2nn[nH]n2)C[C@@H]1O. The molecule has 1 aromatic rings. The molecule has 5 N–H and O–H groups in total. The van der Waals surface area contributed by atoms with Gasteiger partial charge in [-0.3, -0.25) is 4.79 Å². The van der Waals surface area contributed by atoms with Crippen LogP contribution in [0.1, 0.15) is 25.1 Å². The topological polar surface area (TPSA) is 130 Å². The van der Waals surface area contributed by atoms with Crippen molar-refractivity contribution >= 4 is 18.3 Å². The molecular formula is C10H19ClN6O2. The van der Waals surface area contributed by atoms with Gasteiger partial charge in [0.15, 0.2) is 5.82 Å². The van der Waals surface area contributed by atoms with Gasteiger partial charge in [-0.1, -0.05) is 5.21 Å². The third kappa shape index (κ3) is 4.41. The van der Waals surface area contributed by atoms with Gasteiger partial charge in [-0.25, -0.2) is 0 Å². The number of H-pyrrole nitrogens is 1. The molecule has 3 atom stereocenters. The molecule has 0 saturated heterocycles. The molecule has 8 nitrogen and oxygen atoms in total. The van der Waals surface area contributed by atoms with Crippen molar-refractivity contribution in [3.05, 3.63) is 5.82 Å². The smallest absolute Gasteiger partial charge is 0.223 e. The molecule has 0 aliphatic heterocycles. The summed E-state index contributed by atoms with van der Waals surface area (Å²) in [5, 5.41) is 25.8. The number of nitrogens with one attached hydrogen (secondary N) is 2. The van der Waals surface area contributed by atoms with Crippen LogP contribution in [0.3, 0.4) is 0 Å². The zero-order valence-electron chi connectivity index (χ0n) is 10.5. The number of nitrogens with zero attached hydrogens (tertiary/aromatic N) is 3. The monoisotopic (exact) mass is 290 g/mol. The fourth-order valence-corrected chi connectivity index (χ4v) is 2.15. The highest BCUT2D eigenvalue weighted by molar-refractivity contribution is 5.85. The van der Waals surface area contributed by atoms with Gasteiger partial charge in [-0.05, 0) is 19.3 Å².